The number of nitrogens with two attached hydrogens (primary N) is 1. The maximum absolute atomic E-state index is 11.9. The largest absolute Gasteiger partial charge is 0.381 e. The van der Waals surface area contributed by atoms with Crippen molar-refractivity contribution in [3.05, 3.63) is 0 Å². The van der Waals surface area contributed by atoms with Gasteiger partial charge in [0.1, 0.15) is 5.54 Å². The first-order chi connectivity index (χ1) is 9.68. The highest BCUT2D eigenvalue weighted by atomic mass is 16.5. The van der Waals surface area contributed by atoms with E-state index in [1.165, 1.54) is 12.8 Å². The molecule has 1 aliphatic heterocycles. The van der Waals surface area contributed by atoms with Crippen molar-refractivity contribution in [2.75, 3.05) is 19.8 Å². The molecule has 3 aliphatic rings. The van der Waals surface area contributed by atoms with Crippen molar-refractivity contribution in [2.45, 2.75) is 62.6 Å². The lowest BCUT2D eigenvalue weighted by molar-refractivity contribution is -0.129. The second kappa shape index (κ2) is 6.00. The third-order valence-corrected chi connectivity index (χ3v) is 4.83. The van der Waals surface area contributed by atoms with Gasteiger partial charge in [-0.05, 0) is 38.5 Å². The van der Waals surface area contributed by atoms with E-state index in [0.29, 0.717) is 12.0 Å². The van der Waals surface area contributed by atoms with Gasteiger partial charge in [-0.25, -0.2) is 0 Å². The fourth-order valence-corrected chi connectivity index (χ4v) is 3.40. The number of rotatable bonds is 6. The van der Waals surface area contributed by atoms with Crippen LogP contribution in [0.5, 0.6) is 0 Å². The van der Waals surface area contributed by atoms with Crippen molar-refractivity contribution in [1.82, 2.24) is 5.32 Å². The quantitative estimate of drug-likeness (QED) is 0.761. The lowest BCUT2D eigenvalue weighted by Crippen LogP contribution is -2.59. The molecule has 5 heteroatoms. The van der Waals surface area contributed by atoms with Gasteiger partial charge in [-0.1, -0.05) is 0 Å². The molecule has 2 saturated carbocycles. The highest BCUT2D eigenvalue weighted by molar-refractivity contribution is 5.85. The van der Waals surface area contributed by atoms with Crippen LogP contribution in [0.4, 0.5) is 0 Å². The minimum absolute atomic E-state index is 0.156. The summed E-state index contributed by atoms with van der Waals surface area (Å²) in [6.45, 7) is 2.42. The first kappa shape index (κ1) is 14.3. The van der Waals surface area contributed by atoms with Gasteiger partial charge < -0.3 is 20.5 Å². The molecule has 0 aromatic carbocycles. The maximum Gasteiger partial charge on any atom is 0.237 e. The number of carbonyl (C=O) groups is 1. The van der Waals surface area contributed by atoms with E-state index in [1.54, 1.807) is 0 Å². The number of nitrogens with one attached hydrogen (secondary N) is 1. The van der Waals surface area contributed by atoms with Crippen LogP contribution in [0.15, 0.2) is 0 Å². The molecule has 20 heavy (non-hydrogen) atoms. The van der Waals surface area contributed by atoms with E-state index < -0.39 is 5.54 Å². The van der Waals surface area contributed by atoms with Crippen LogP contribution >= 0.6 is 0 Å². The first-order valence-electron chi connectivity index (χ1n) is 7.95. The fraction of sp³-hybridized carbons (Fsp3) is 0.933. The van der Waals surface area contributed by atoms with Crippen LogP contribution in [0.25, 0.3) is 0 Å². The Bertz CT molecular complexity index is 353. The van der Waals surface area contributed by atoms with Crippen LogP contribution in [-0.4, -0.2) is 43.4 Å². The van der Waals surface area contributed by atoms with Gasteiger partial charge in [-0.15, -0.1) is 0 Å². The standard InChI is InChI=1S/C15H26N2O3/c16-14(18)15(17-12-3-4-12)6-1-2-13(8-15)20-10-11-5-7-19-9-11/h11-13,17H,1-10H2,(H2,16,18). The summed E-state index contributed by atoms with van der Waals surface area (Å²) in [5, 5.41) is 3.48. The third kappa shape index (κ3) is 3.32. The monoisotopic (exact) mass is 282 g/mol. The van der Waals surface area contributed by atoms with Crippen molar-refractivity contribution in [3.8, 4) is 0 Å². The SMILES string of the molecule is NC(=O)C1(NC2CC2)CCCC(OCC2CCOC2)C1. The average Bonchev–Trinajstić information content (AvgIpc) is 3.08. The number of carbonyl (C=O) groups excluding carboxylic acids is 1. The zero-order chi connectivity index (χ0) is 14.0. The summed E-state index contributed by atoms with van der Waals surface area (Å²) in [7, 11) is 0. The smallest absolute Gasteiger partial charge is 0.237 e. The number of amides is 1. The van der Waals surface area contributed by atoms with E-state index in [0.717, 1.165) is 51.9 Å². The molecule has 0 radical (unpaired) electrons. The molecular weight excluding hydrogens is 256 g/mol. The van der Waals surface area contributed by atoms with E-state index in [1.807, 2.05) is 0 Å². The van der Waals surface area contributed by atoms with Gasteiger partial charge in [0.05, 0.1) is 19.3 Å². The molecule has 114 valence electrons. The highest BCUT2D eigenvalue weighted by Gasteiger charge is 2.44. The highest BCUT2D eigenvalue weighted by Crippen LogP contribution is 2.34. The molecule has 5 nitrogen and oxygen atoms in total. The first-order valence-corrected chi connectivity index (χ1v) is 7.95. The average molecular weight is 282 g/mol. The summed E-state index contributed by atoms with van der Waals surface area (Å²) >= 11 is 0. The predicted molar refractivity (Wildman–Crippen MR) is 75.2 cm³/mol. The van der Waals surface area contributed by atoms with E-state index in [2.05, 4.69) is 5.32 Å². The van der Waals surface area contributed by atoms with E-state index in [9.17, 15) is 4.79 Å². The van der Waals surface area contributed by atoms with Crippen molar-refractivity contribution in [1.29, 1.82) is 0 Å². The van der Waals surface area contributed by atoms with Crippen LogP contribution in [0.3, 0.4) is 0 Å². The van der Waals surface area contributed by atoms with E-state index >= 15 is 0 Å². The summed E-state index contributed by atoms with van der Waals surface area (Å²) < 4.78 is 11.4. The zero-order valence-electron chi connectivity index (χ0n) is 12.1. The van der Waals surface area contributed by atoms with Crippen molar-refractivity contribution < 1.29 is 14.3 Å². The van der Waals surface area contributed by atoms with Crippen LogP contribution < -0.4 is 11.1 Å². The summed E-state index contributed by atoms with van der Waals surface area (Å²) in [6, 6.07) is 0.490. The molecule has 1 saturated heterocycles. The Balaban J connectivity index is 1.54. The molecular formula is C15H26N2O3. The minimum atomic E-state index is -0.531. The normalized spacial score (nSPS) is 38.0. The van der Waals surface area contributed by atoms with Gasteiger partial charge in [-0.2, -0.15) is 0 Å². The molecule has 2 aliphatic carbocycles. The summed E-state index contributed by atoms with van der Waals surface area (Å²) in [4.78, 5) is 11.9. The van der Waals surface area contributed by atoms with E-state index in [-0.39, 0.29) is 12.0 Å². The topological polar surface area (TPSA) is 73.6 Å². The summed E-state index contributed by atoms with van der Waals surface area (Å²) in [6.07, 6.45) is 7.21. The van der Waals surface area contributed by atoms with Gasteiger partial charge in [0.25, 0.3) is 0 Å². The second-order valence-corrected chi connectivity index (χ2v) is 6.65. The van der Waals surface area contributed by atoms with Gasteiger partial charge in [0.2, 0.25) is 5.91 Å². The Kier molecular flexibility index (Phi) is 4.29. The number of hydrogen-bond acceptors (Lipinski definition) is 4. The molecule has 0 spiro atoms. The molecule has 3 rings (SSSR count). The third-order valence-electron chi connectivity index (χ3n) is 4.83. The second-order valence-electron chi connectivity index (χ2n) is 6.65. The Labute approximate surface area is 120 Å². The molecule has 3 unspecified atom stereocenters. The van der Waals surface area contributed by atoms with Crippen LogP contribution in [0, 0.1) is 5.92 Å². The Morgan fingerprint density at radius 3 is 2.85 bits per heavy atom. The van der Waals surface area contributed by atoms with Gasteiger partial charge in [-0.3, -0.25) is 4.79 Å². The van der Waals surface area contributed by atoms with Gasteiger partial charge in [0.15, 0.2) is 0 Å². The molecule has 3 atom stereocenters. The minimum Gasteiger partial charge on any atom is -0.381 e. The van der Waals surface area contributed by atoms with Crippen LogP contribution in [-0.2, 0) is 14.3 Å². The fourth-order valence-electron chi connectivity index (χ4n) is 3.40. The summed E-state index contributed by atoms with van der Waals surface area (Å²) in [5.41, 5.74) is 5.15. The number of hydrogen-bond donors (Lipinski definition) is 2. The van der Waals surface area contributed by atoms with Crippen LogP contribution in [0.1, 0.15) is 44.9 Å². The predicted octanol–water partition coefficient (Wildman–Crippen LogP) is 0.958. The van der Waals surface area contributed by atoms with Crippen LogP contribution in [0.2, 0.25) is 0 Å². The molecule has 3 fully saturated rings. The molecule has 1 heterocycles. The van der Waals surface area contributed by atoms with Crippen molar-refractivity contribution in [3.63, 3.8) is 0 Å². The lowest BCUT2D eigenvalue weighted by Gasteiger charge is -2.39. The Morgan fingerprint density at radius 2 is 2.20 bits per heavy atom. The van der Waals surface area contributed by atoms with Gasteiger partial charge >= 0.3 is 0 Å². The molecule has 3 N–H and O–H groups in total. The Morgan fingerprint density at radius 1 is 1.35 bits per heavy atom. The van der Waals surface area contributed by atoms with Crippen molar-refractivity contribution >= 4 is 5.91 Å². The van der Waals surface area contributed by atoms with E-state index in [4.69, 9.17) is 15.2 Å². The molecule has 0 bridgehead atoms. The lowest BCUT2D eigenvalue weighted by atomic mass is 9.79. The number of primary amides is 1. The Hall–Kier alpha value is -0.650. The molecule has 1 amide bonds. The maximum atomic E-state index is 11.9. The summed E-state index contributed by atoms with van der Waals surface area (Å²) in [5.74, 6) is 0.318. The zero-order valence-corrected chi connectivity index (χ0v) is 12.1. The molecule has 0 aromatic rings. The molecule has 0 aromatic heterocycles. The number of ether oxygens (including phenoxy) is 2. The van der Waals surface area contributed by atoms with Crippen molar-refractivity contribution in [2.24, 2.45) is 11.7 Å². The van der Waals surface area contributed by atoms with Gasteiger partial charge in [0, 0.05) is 25.0 Å².